The number of benzene rings is 1. The molecule has 1 rings (SSSR count). The SMILES string of the molecule is CCOC(=O)C(N)C(=O)Nc1c(C)cc(C)cc1Br. The Morgan fingerprint density at radius 2 is 2.05 bits per heavy atom. The number of carbonyl (C=O) groups excluding carboxylic acids is 2. The fraction of sp³-hybridized carbons (Fsp3) is 0.385. The molecule has 0 fully saturated rings. The number of halogens is 1. The van der Waals surface area contributed by atoms with Gasteiger partial charge in [0.15, 0.2) is 6.04 Å². The summed E-state index contributed by atoms with van der Waals surface area (Å²) in [5.74, 6) is -1.33. The number of amides is 1. The average molecular weight is 329 g/mol. The van der Waals surface area contributed by atoms with Gasteiger partial charge in [0.1, 0.15) is 0 Å². The Hall–Kier alpha value is -1.40. The van der Waals surface area contributed by atoms with Gasteiger partial charge in [0.05, 0.1) is 12.3 Å². The average Bonchev–Trinajstić information content (AvgIpc) is 2.32. The number of anilines is 1. The second kappa shape index (κ2) is 6.68. The van der Waals surface area contributed by atoms with Gasteiger partial charge in [-0.1, -0.05) is 6.07 Å². The second-order valence-corrected chi connectivity index (χ2v) is 5.01. The maximum absolute atomic E-state index is 11.9. The molecule has 104 valence electrons. The van der Waals surface area contributed by atoms with E-state index in [0.717, 1.165) is 15.6 Å². The minimum absolute atomic E-state index is 0.188. The third-order valence-corrected chi connectivity index (χ3v) is 3.13. The number of esters is 1. The maximum atomic E-state index is 11.9. The number of rotatable bonds is 4. The van der Waals surface area contributed by atoms with E-state index in [-0.39, 0.29) is 6.61 Å². The van der Waals surface area contributed by atoms with E-state index in [0.29, 0.717) is 5.69 Å². The lowest BCUT2D eigenvalue weighted by Gasteiger charge is -2.14. The van der Waals surface area contributed by atoms with Crippen LogP contribution in [0.5, 0.6) is 0 Å². The first-order valence-electron chi connectivity index (χ1n) is 5.86. The number of carbonyl (C=O) groups is 2. The van der Waals surface area contributed by atoms with Gasteiger partial charge in [0.2, 0.25) is 0 Å². The summed E-state index contributed by atoms with van der Waals surface area (Å²) in [6.45, 7) is 5.66. The van der Waals surface area contributed by atoms with Crippen molar-refractivity contribution in [2.45, 2.75) is 26.8 Å². The zero-order valence-corrected chi connectivity index (χ0v) is 12.7. The Balaban J connectivity index is 2.86. The van der Waals surface area contributed by atoms with Crippen LogP contribution in [0.3, 0.4) is 0 Å². The molecule has 0 heterocycles. The van der Waals surface area contributed by atoms with Gasteiger partial charge in [0.25, 0.3) is 5.91 Å². The number of aryl methyl sites for hydroxylation is 2. The third kappa shape index (κ3) is 4.04. The molecule has 0 saturated heterocycles. The summed E-state index contributed by atoms with van der Waals surface area (Å²) in [5.41, 5.74) is 8.08. The van der Waals surface area contributed by atoms with Crippen LogP contribution in [-0.4, -0.2) is 24.5 Å². The summed E-state index contributed by atoms with van der Waals surface area (Å²) in [4.78, 5) is 23.2. The lowest BCUT2D eigenvalue weighted by atomic mass is 10.1. The van der Waals surface area contributed by atoms with Crippen molar-refractivity contribution in [1.82, 2.24) is 0 Å². The predicted octanol–water partition coefficient (Wildman–Crippen LogP) is 1.89. The highest BCUT2D eigenvalue weighted by Gasteiger charge is 2.24. The first-order chi connectivity index (χ1) is 8.86. The quantitative estimate of drug-likeness (QED) is 0.653. The van der Waals surface area contributed by atoms with Crippen LogP contribution in [0.1, 0.15) is 18.1 Å². The summed E-state index contributed by atoms with van der Waals surface area (Å²) in [6, 6.07) is 2.47. The van der Waals surface area contributed by atoms with Crippen LogP contribution in [0.25, 0.3) is 0 Å². The molecule has 3 N–H and O–H groups in total. The van der Waals surface area contributed by atoms with Crippen LogP contribution in [-0.2, 0) is 14.3 Å². The van der Waals surface area contributed by atoms with Gasteiger partial charge in [-0.25, -0.2) is 4.79 Å². The first kappa shape index (κ1) is 15.7. The van der Waals surface area contributed by atoms with Crippen molar-refractivity contribution in [1.29, 1.82) is 0 Å². The van der Waals surface area contributed by atoms with Crippen molar-refractivity contribution in [3.8, 4) is 0 Å². The van der Waals surface area contributed by atoms with Crippen LogP contribution in [0.4, 0.5) is 5.69 Å². The minimum Gasteiger partial charge on any atom is -0.464 e. The smallest absolute Gasteiger partial charge is 0.332 e. The fourth-order valence-electron chi connectivity index (χ4n) is 1.61. The normalized spacial score (nSPS) is 11.8. The molecule has 5 nitrogen and oxygen atoms in total. The number of ether oxygens (including phenoxy) is 1. The van der Waals surface area contributed by atoms with E-state index in [4.69, 9.17) is 10.5 Å². The molecule has 6 heteroatoms. The summed E-state index contributed by atoms with van der Waals surface area (Å²) in [5, 5.41) is 2.63. The van der Waals surface area contributed by atoms with E-state index in [1.54, 1.807) is 6.92 Å². The molecule has 0 aliphatic rings. The topological polar surface area (TPSA) is 81.4 Å². The Bertz CT molecular complexity index is 480. The second-order valence-electron chi connectivity index (χ2n) is 4.16. The molecule has 1 unspecified atom stereocenters. The third-order valence-electron chi connectivity index (χ3n) is 2.50. The molecule has 1 amide bonds. The summed E-state index contributed by atoms with van der Waals surface area (Å²) >= 11 is 3.37. The Kier molecular flexibility index (Phi) is 5.50. The molecule has 0 aromatic heterocycles. The van der Waals surface area contributed by atoms with Gasteiger partial charge < -0.3 is 15.8 Å². The lowest BCUT2D eigenvalue weighted by Crippen LogP contribution is -2.43. The van der Waals surface area contributed by atoms with Crippen molar-refractivity contribution in [2.75, 3.05) is 11.9 Å². The molecule has 1 atom stereocenters. The van der Waals surface area contributed by atoms with Crippen LogP contribution in [0, 0.1) is 13.8 Å². The fourth-order valence-corrected chi connectivity index (χ4v) is 2.39. The van der Waals surface area contributed by atoms with Crippen molar-refractivity contribution in [2.24, 2.45) is 5.73 Å². The Morgan fingerprint density at radius 1 is 1.42 bits per heavy atom. The number of nitrogens with two attached hydrogens (primary N) is 1. The zero-order valence-electron chi connectivity index (χ0n) is 11.1. The summed E-state index contributed by atoms with van der Waals surface area (Å²) in [7, 11) is 0. The van der Waals surface area contributed by atoms with Crippen molar-refractivity contribution < 1.29 is 14.3 Å². The van der Waals surface area contributed by atoms with Crippen LogP contribution in [0.15, 0.2) is 16.6 Å². The highest BCUT2D eigenvalue weighted by Crippen LogP contribution is 2.27. The van der Waals surface area contributed by atoms with Crippen LogP contribution in [0.2, 0.25) is 0 Å². The molecule has 19 heavy (non-hydrogen) atoms. The predicted molar refractivity (Wildman–Crippen MR) is 76.9 cm³/mol. The number of hydrogen-bond donors (Lipinski definition) is 2. The minimum atomic E-state index is -1.33. The maximum Gasteiger partial charge on any atom is 0.332 e. The van der Waals surface area contributed by atoms with Gasteiger partial charge in [-0.3, -0.25) is 4.79 Å². The first-order valence-corrected chi connectivity index (χ1v) is 6.66. The molecule has 0 aliphatic carbocycles. The number of hydrogen-bond acceptors (Lipinski definition) is 4. The van der Waals surface area contributed by atoms with Crippen molar-refractivity contribution in [3.63, 3.8) is 0 Å². The molecule has 0 radical (unpaired) electrons. The molecule has 0 aliphatic heterocycles. The van der Waals surface area contributed by atoms with Crippen molar-refractivity contribution in [3.05, 3.63) is 27.7 Å². The molecule has 1 aromatic carbocycles. The standard InChI is InChI=1S/C13H17BrN2O3/c1-4-19-13(18)10(15)12(17)16-11-8(3)5-7(2)6-9(11)14/h5-6,10H,4,15H2,1-3H3,(H,16,17). The van der Waals surface area contributed by atoms with E-state index in [1.165, 1.54) is 0 Å². The molecule has 0 spiro atoms. The van der Waals surface area contributed by atoms with E-state index in [9.17, 15) is 9.59 Å². The molecular formula is C13H17BrN2O3. The highest BCUT2D eigenvalue weighted by molar-refractivity contribution is 9.10. The van der Waals surface area contributed by atoms with Gasteiger partial charge in [-0.15, -0.1) is 0 Å². The van der Waals surface area contributed by atoms with E-state index in [1.807, 2.05) is 26.0 Å². The van der Waals surface area contributed by atoms with Crippen molar-refractivity contribution >= 4 is 33.5 Å². The molecule has 1 aromatic rings. The van der Waals surface area contributed by atoms with E-state index >= 15 is 0 Å². The molecule has 0 saturated carbocycles. The molecular weight excluding hydrogens is 312 g/mol. The van der Waals surface area contributed by atoms with Gasteiger partial charge in [-0.05, 0) is 53.9 Å². The Labute approximate surface area is 120 Å². The monoisotopic (exact) mass is 328 g/mol. The summed E-state index contributed by atoms with van der Waals surface area (Å²) < 4.78 is 5.45. The zero-order chi connectivity index (χ0) is 14.6. The van der Waals surface area contributed by atoms with Gasteiger partial charge in [-0.2, -0.15) is 0 Å². The van der Waals surface area contributed by atoms with Gasteiger partial charge in [0, 0.05) is 4.47 Å². The Morgan fingerprint density at radius 3 is 2.58 bits per heavy atom. The van der Waals surface area contributed by atoms with E-state index < -0.39 is 17.9 Å². The highest BCUT2D eigenvalue weighted by atomic mass is 79.9. The summed E-state index contributed by atoms with van der Waals surface area (Å²) in [6.07, 6.45) is 0. The van der Waals surface area contributed by atoms with Gasteiger partial charge >= 0.3 is 5.97 Å². The van der Waals surface area contributed by atoms with Crippen LogP contribution >= 0.6 is 15.9 Å². The largest absolute Gasteiger partial charge is 0.464 e. The number of nitrogens with one attached hydrogen (secondary N) is 1. The molecule has 0 bridgehead atoms. The van der Waals surface area contributed by atoms with Crippen LogP contribution < -0.4 is 11.1 Å². The lowest BCUT2D eigenvalue weighted by molar-refractivity contribution is -0.146. The van der Waals surface area contributed by atoms with E-state index in [2.05, 4.69) is 21.2 Å².